The quantitative estimate of drug-likeness (QED) is 0.856. The van der Waals surface area contributed by atoms with E-state index in [0.29, 0.717) is 18.7 Å². The summed E-state index contributed by atoms with van der Waals surface area (Å²) in [7, 11) is 0. The van der Waals surface area contributed by atoms with Gasteiger partial charge >= 0.3 is 0 Å². The van der Waals surface area contributed by atoms with E-state index in [1.165, 1.54) is 0 Å². The van der Waals surface area contributed by atoms with E-state index in [4.69, 9.17) is 0 Å². The minimum atomic E-state index is -0.0209. The minimum Gasteiger partial charge on any atom is -0.366 e. The van der Waals surface area contributed by atoms with Crippen LogP contribution in [0.1, 0.15) is 35.0 Å². The van der Waals surface area contributed by atoms with E-state index in [2.05, 4.69) is 15.6 Å². The van der Waals surface area contributed by atoms with Crippen LogP contribution in [0.3, 0.4) is 0 Å². The fraction of sp³-hybridized carbons (Fsp3) is 0.294. The molecule has 0 spiro atoms. The molecule has 0 saturated carbocycles. The van der Waals surface area contributed by atoms with Crippen molar-refractivity contribution in [2.24, 2.45) is 0 Å². The highest BCUT2D eigenvalue weighted by atomic mass is 16.1. The first kappa shape index (κ1) is 15.0. The fourth-order valence-corrected chi connectivity index (χ4v) is 2.00. The Hall–Kier alpha value is -2.36. The lowest BCUT2D eigenvalue weighted by molar-refractivity contribution is 0.0953. The second-order valence-corrected chi connectivity index (χ2v) is 4.97. The molecule has 0 unspecified atom stereocenters. The molecule has 21 heavy (non-hydrogen) atoms. The normalized spacial score (nSPS) is 10.2. The summed E-state index contributed by atoms with van der Waals surface area (Å²) in [6.07, 6.45) is 0.937. The van der Waals surface area contributed by atoms with Crippen molar-refractivity contribution in [3.63, 3.8) is 0 Å². The molecule has 0 aliphatic rings. The van der Waals surface area contributed by atoms with Crippen LogP contribution in [0.5, 0.6) is 0 Å². The topological polar surface area (TPSA) is 54.0 Å². The summed E-state index contributed by atoms with van der Waals surface area (Å²) in [5.41, 5.74) is 2.73. The molecule has 0 saturated heterocycles. The molecular formula is C17H21N3O. The maximum absolute atomic E-state index is 11.9. The van der Waals surface area contributed by atoms with E-state index in [1.807, 2.05) is 56.3 Å². The van der Waals surface area contributed by atoms with Crippen LogP contribution in [0.15, 0.2) is 42.5 Å². The van der Waals surface area contributed by atoms with Gasteiger partial charge in [0.2, 0.25) is 0 Å². The van der Waals surface area contributed by atoms with Crippen LogP contribution in [0.4, 0.5) is 5.82 Å². The highest BCUT2D eigenvalue weighted by Gasteiger charge is 2.05. The second-order valence-electron chi connectivity index (χ2n) is 4.97. The maximum Gasteiger partial charge on any atom is 0.251 e. The van der Waals surface area contributed by atoms with Gasteiger partial charge in [-0.2, -0.15) is 0 Å². The van der Waals surface area contributed by atoms with Crippen molar-refractivity contribution >= 4 is 11.7 Å². The van der Waals surface area contributed by atoms with Crippen molar-refractivity contribution in [2.45, 2.75) is 26.8 Å². The molecule has 110 valence electrons. The first-order valence-corrected chi connectivity index (χ1v) is 7.23. The molecule has 2 rings (SSSR count). The Balaban J connectivity index is 1.99. The molecule has 0 radical (unpaired) electrons. The molecule has 1 aromatic carbocycles. The smallest absolute Gasteiger partial charge is 0.251 e. The van der Waals surface area contributed by atoms with Crippen LogP contribution in [0, 0.1) is 6.92 Å². The molecule has 2 N–H and O–H groups in total. The Morgan fingerprint density at radius 2 is 2.00 bits per heavy atom. The number of pyridine rings is 1. The van der Waals surface area contributed by atoms with Crippen molar-refractivity contribution in [3.8, 4) is 0 Å². The molecule has 1 aromatic heterocycles. The van der Waals surface area contributed by atoms with Gasteiger partial charge in [-0.15, -0.1) is 0 Å². The number of hydrogen-bond donors (Lipinski definition) is 2. The van der Waals surface area contributed by atoms with Crippen molar-refractivity contribution in [1.29, 1.82) is 0 Å². The van der Waals surface area contributed by atoms with E-state index >= 15 is 0 Å². The first-order chi connectivity index (χ1) is 10.2. The van der Waals surface area contributed by atoms with Gasteiger partial charge in [0.05, 0.1) is 0 Å². The van der Waals surface area contributed by atoms with E-state index in [9.17, 15) is 4.79 Å². The number of aromatic nitrogens is 1. The molecular weight excluding hydrogens is 262 g/mol. The molecule has 1 heterocycles. The zero-order chi connectivity index (χ0) is 15.1. The molecule has 0 atom stereocenters. The molecule has 0 aliphatic heterocycles. The summed E-state index contributed by atoms with van der Waals surface area (Å²) in [6, 6.07) is 13.5. The van der Waals surface area contributed by atoms with Crippen LogP contribution in [0.25, 0.3) is 0 Å². The second kappa shape index (κ2) is 7.43. The number of nitrogens with zero attached hydrogens (tertiary/aromatic N) is 1. The number of amides is 1. The van der Waals surface area contributed by atoms with Crippen LogP contribution < -0.4 is 10.6 Å². The highest BCUT2D eigenvalue weighted by molar-refractivity contribution is 5.94. The summed E-state index contributed by atoms with van der Waals surface area (Å²) in [5, 5.41) is 6.15. The highest BCUT2D eigenvalue weighted by Crippen LogP contribution is 2.09. The van der Waals surface area contributed by atoms with Crippen LogP contribution in [0.2, 0.25) is 0 Å². The maximum atomic E-state index is 11.9. The van der Waals surface area contributed by atoms with E-state index in [1.54, 1.807) is 0 Å². The van der Waals surface area contributed by atoms with Crippen molar-refractivity contribution < 1.29 is 4.79 Å². The average molecular weight is 283 g/mol. The van der Waals surface area contributed by atoms with Gasteiger partial charge in [0, 0.05) is 24.3 Å². The SMILES string of the molecule is CCCNC(=O)c1cccc(CNc2cccc(C)n2)c1. The molecule has 0 fully saturated rings. The third-order valence-corrected chi connectivity index (χ3v) is 3.09. The predicted octanol–water partition coefficient (Wildman–Crippen LogP) is 3.14. The number of carbonyl (C=O) groups excluding carboxylic acids is 1. The van der Waals surface area contributed by atoms with Gasteiger partial charge in [0.25, 0.3) is 5.91 Å². The monoisotopic (exact) mass is 283 g/mol. The lowest BCUT2D eigenvalue weighted by atomic mass is 10.1. The van der Waals surface area contributed by atoms with Crippen LogP contribution in [-0.2, 0) is 6.54 Å². The number of nitrogens with one attached hydrogen (secondary N) is 2. The molecule has 2 aromatic rings. The lowest BCUT2D eigenvalue weighted by Gasteiger charge is -2.08. The molecule has 1 amide bonds. The number of anilines is 1. The number of benzene rings is 1. The van der Waals surface area contributed by atoms with Gasteiger partial charge < -0.3 is 10.6 Å². The minimum absolute atomic E-state index is 0.0209. The van der Waals surface area contributed by atoms with E-state index in [0.717, 1.165) is 23.5 Å². The Morgan fingerprint density at radius 1 is 1.19 bits per heavy atom. The summed E-state index contributed by atoms with van der Waals surface area (Å²) in [5.74, 6) is 0.822. The van der Waals surface area contributed by atoms with Crippen LogP contribution >= 0.6 is 0 Å². The number of aryl methyl sites for hydroxylation is 1. The zero-order valence-electron chi connectivity index (χ0n) is 12.5. The standard InChI is InChI=1S/C17H21N3O/c1-3-10-18-17(21)15-8-5-7-14(11-15)12-19-16-9-4-6-13(2)20-16/h4-9,11H,3,10,12H2,1-2H3,(H,18,21)(H,19,20). The molecule has 4 nitrogen and oxygen atoms in total. The largest absolute Gasteiger partial charge is 0.366 e. The van der Waals surface area contributed by atoms with Gasteiger partial charge in [0.1, 0.15) is 5.82 Å². The van der Waals surface area contributed by atoms with E-state index in [-0.39, 0.29) is 5.91 Å². The Bertz CT molecular complexity index is 610. The van der Waals surface area contributed by atoms with Crippen molar-refractivity contribution in [2.75, 3.05) is 11.9 Å². The van der Waals surface area contributed by atoms with Gasteiger partial charge in [-0.3, -0.25) is 4.79 Å². The fourth-order valence-electron chi connectivity index (χ4n) is 2.00. The molecule has 4 heteroatoms. The number of rotatable bonds is 6. The van der Waals surface area contributed by atoms with Gasteiger partial charge in [-0.05, 0) is 43.2 Å². The summed E-state index contributed by atoms with van der Waals surface area (Å²) >= 11 is 0. The Kier molecular flexibility index (Phi) is 5.32. The zero-order valence-corrected chi connectivity index (χ0v) is 12.5. The molecule has 0 aliphatic carbocycles. The summed E-state index contributed by atoms with van der Waals surface area (Å²) < 4.78 is 0. The number of hydrogen-bond acceptors (Lipinski definition) is 3. The average Bonchev–Trinajstić information content (AvgIpc) is 2.51. The van der Waals surface area contributed by atoms with Crippen molar-refractivity contribution in [1.82, 2.24) is 10.3 Å². The summed E-state index contributed by atoms with van der Waals surface area (Å²) in [4.78, 5) is 16.3. The third-order valence-electron chi connectivity index (χ3n) is 3.09. The van der Waals surface area contributed by atoms with Gasteiger partial charge in [-0.1, -0.05) is 25.1 Å². The predicted molar refractivity (Wildman–Crippen MR) is 85.4 cm³/mol. The van der Waals surface area contributed by atoms with Crippen molar-refractivity contribution in [3.05, 3.63) is 59.3 Å². The Labute approximate surface area is 125 Å². The number of carbonyl (C=O) groups is 1. The third kappa shape index (κ3) is 4.60. The molecule has 0 bridgehead atoms. The van der Waals surface area contributed by atoms with E-state index < -0.39 is 0 Å². The first-order valence-electron chi connectivity index (χ1n) is 7.23. The summed E-state index contributed by atoms with van der Waals surface area (Å²) in [6.45, 7) is 5.35. The van der Waals surface area contributed by atoms with Gasteiger partial charge in [-0.25, -0.2) is 4.98 Å². The lowest BCUT2D eigenvalue weighted by Crippen LogP contribution is -2.24. The van der Waals surface area contributed by atoms with Gasteiger partial charge in [0.15, 0.2) is 0 Å². The Morgan fingerprint density at radius 3 is 2.76 bits per heavy atom. The van der Waals surface area contributed by atoms with Crippen LogP contribution in [-0.4, -0.2) is 17.4 Å².